The van der Waals surface area contributed by atoms with Crippen LogP contribution in [-0.4, -0.2) is 15.4 Å². The fraction of sp³-hybridized carbons (Fsp3) is 0.778. The molecule has 1 heterocycles. The van der Waals surface area contributed by atoms with Crippen LogP contribution in [0.5, 0.6) is 0 Å². The molecule has 1 aromatic heterocycles. The second-order valence-corrected chi connectivity index (χ2v) is 4.07. The predicted molar refractivity (Wildman–Crippen MR) is 44.6 cm³/mol. The minimum Gasteiger partial charge on any atom is -0.262 e. The van der Waals surface area contributed by atoms with E-state index in [9.17, 15) is 0 Å². The van der Waals surface area contributed by atoms with Crippen molar-refractivity contribution in [2.45, 2.75) is 32.1 Å². The van der Waals surface area contributed by atoms with Gasteiger partial charge in [0.1, 0.15) is 0 Å². The molecular formula is C9H13N3. The summed E-state index contributed by atoms with van der Waals surface area (Å²) in [5.74, 6) is 2.05. The molecule has 2 unspecified atom stereocenters. The van der Waals surface area contributed by atoms with Crippen LogP contribution in [0.1, 0.15) is 30.7 Å². The molecule has 0 spiro atoms. The van der Waals surface area contributed by atoms with Crippen molar-refractivity contribution in [3.63, 3.8) is 0 Å². The molecule has 1 N–H and O–H groups in total. The van der Waals surface area contributed by atoms with Gasteiger partial charge in [-0.3, -0.25) is 5.10 Å². The van der Waals surface area contributed by atoms with E-state index in [1.54, 1.807) is 0 Å². The first-order valence-corrected chi connectivity index (χ1v) is 4.82. The van der Waals surface area contributed by atoms with Gasteiger partial charge in [0.05, 0.1) is 11.4 Å². The molecule has 2 aliphatic rings. The molecule has 0 bridgehead atoms. The molecule has 2 aliphatic carbocycles. The number of rotatable bonds is 0. The maximum absolute atomic E-state index is 4.11. The van der Waals surface area contributed by atoms with Gasteiger partial charge < -0.3 is 0 Å². The monoisotopic (exact) mass is 163 g/mol. The number of hydrogen-bond donors (Lipinski definition) is 1. The van der Waals surface area contributed by atoms with Gasteiger partial charge in [-0.2, -0.15) is 0 Å². The van der Waals surface area contributed by atoms with Crippen LogP contribution in [0.3, 0.4) is 0 Å². The van der Waals surface area contributed by atoms with Gasteiger partial charge in [-0.15, -0.1) is 5.10 Å². The third-order valence-electron chi connectivity index (χ3n) is 3.29. The van der Waals surface area contributed by atoms with E-state index in [-0.39, 0.29) is 0 Å². The number of aromatic nitrogens is 3. The van der Waals surface area contributed by atoms with E-state index in [1.807, 2.05) is 0 Å². The summed E-state index contributed by atoms with van der Waals surface area (Å²) in [6.07, 6.45) is 6.47. The summed E-state index contributed by atoms with van der Waals surface area (Å²) in [5.41, 5.74) is 2.51. The maximum atomic E-state index is 4.11. The van der Waals surface area contributed by atoms with Crippen LogP contribution in [-0.2, 0) is 12.8 Å². The van der Waals surface area contributed by atoms with Crippen LogP contribution < -0.4 is 0 Å². The molecule has 1 saturated carbocycles. The molecular weight excluding hydrogens is 150 g/mol. The van der Waals surface area contributed by atoms with Crippen molar-refractivity contribution in [1.82, 2.24) is 15.4 Å². The van der Waals surface area contributed by atoms with Crippen LogP contribution >= 0.6 is 0 Å². The number of nitrogens with one attached hydrogen (secondary N) is 1. The van der Waals surface area contributed by atoms with Gasteiger partial charge in [-0.25, -0.2) is 0 Å². The van der Waals surface area contributed by atoms with Crippen LogP contribution in [0.15, 0.2) is 0 Å². The van der Waals surface area contributed by atoms with Gasteiger partial charge >= 0.3 is 0 Å². The zero-order valence-electron chi connectivity index (χ0n) is 7.08. The van der Waals surface area contributed by atoms with Crippen molar-refractivity contribution in [1.29, 1.82) is 0 Å². The van der Waals surface area contributed by atoms with E-state index in [2.05, 4.69) is 15.4 Å². The van der Waals surface area contributed by atoms with Gasteiger partial charge in [0, 0.05) is 0 Å². The van der Waals surface area contributed by atoms with Crippen molar-refractivity contribution in [3.8, 4) is 0 Å². The standard InChI is InChI=1S/C9H13N3/c1-3-8-9(11-12-10-8)4-2-7-5-6(1)7/h6-7H,1-5H2,(H,10,11,12). The molecule has 2 atom stereocenters. The predicted octanol–water partition coefficient (Wildman–Crippen LogP) is 1.32. The fourth-order valence-corrected chi connectivity index (χ4v) is 2.34. The summed E-state index contributed by atoms with van der Waals surface area (Å²) in [4.78, 5) is 0. The number of fused-ring (bicyclic) bond motifs is 2. The Morgan fingerprint density at radius 3 is 2.92 bits per heavy atom. The average Bonchev–Trinajstić information content (AvgIpc) is 2.63. The Bertz CT molecular complexity index is 265. The molecule has 3 nitrogen and oxygen atoms in total. The Hall–Kier alpha value is -0.860. The number of aryl methyl sites for hydroxylation is 2. The first-order valence-electron chi connectivity index (χ1n) is 4.82. The third-order valence-corrected chi connectivity index (χ3v) is 3.29. The number of nitrogens with zero attached hydrogens (tertiary/aromatic N) is 2. The van der Waals surface area contributed by atoms with Crippen molar-refractivity contribution in [3.05, 3.63) is 11.4 Å². The van der Waals surface area contributed by atoms with Crippen molar-refractivity contribution >= 4 is 0 Å². The van der Waals surface area contributed by atoms with Gasteiger partial charge in [0.25, 0.3) is 0 Å². The highest BCUT2D eigenvalue weighted by molar-refractivity contribution is 5.11. The largest absolute Gasteiger partial charge is 0.262 e. The number of hydrogen-bond acceptors (Lipinski definition) is 2. The lowest BCUT2D eigenvalue weighted by Crippen LogP contribution is -2.00. The summed E-state index contributed by atoms with van der Waals surface area (Å²) >= 11 is 0. The highest BCUT2D eigenvalue weighted by Crippen LogP contribution is 2.46. The summed E-state index contributed by atoms with van der Waals surface area (Å²) in [7, 11) is 0. The van der Waals surface area contributed by atoms with E-state index in [1.165, 1.54) is 37.1 Å². The first-order chi connectivity index (χ1) is 5.93. The summed E-state index contributed by atoms with van der Waals surface area (Å²) in [6.45, 7) is 0. The summed E-state index contributed by atoms with van der Waals surface area (Å²) in [6, 6.07) is 0. The number of H-pyrrole nitrogens is 1. The zero-order chi connectivity index (χ0) is 7.97. The minimum atomic E-state index is 1.02. The molecule has 3 rings (SSSR count). The molecule has 0 saturated heterocycles. The molecule has 0 aliphatic heterocycles. The second kappa shape index (κ2) is 2.31. The van der Waals surface area contributed by atoms with Crippen LogP contribution in [0, 0.1) is 11.8 Å². The highest BCUT2D eigenvalue weighted by atomic mass is 15.3. The lowest BCUT2D eigenvalue weighted by Gasteiger charge is -2.05. The van der Waals surface area contributed by atoms with Gasteiger partial charge in [0.2, 0.25) is 0 Å². The van der Waals surface area contributed by atoms with Crippen molar-refractivity contribution in [2.75, 3.05) is 0 Å². The Morgan fingerprint density at radius 2 is 2.00 bits per heavy atom. The third kappa shape index (κ3) is 0.958. The van der Waals surface area contributed by atoms with Crippen LogP contribution in [0.4, 0.5) is 0 Å². The van der Waals surface area contributed by atoms with E-state index in [4.69, 9.17) is 0 Å². The molecule has 1 aromatic rings. The Balaban J connectivity index is 1.87. The summed E-state index contributed by atoms with van der Waals surface area (Å²) < 4.78 is 0. The normalized spacial score (nSPS) is 33.0. The first kappa shape index (κ1) is 6.63. The van der Waals surface area contributed by atoms with Gasteiger partial charge in [-0.05, 0) is 43.9 Å². The Kier molecular flexibility index (Phi) is 1.28. The van der Waals surface area contributed by atoms with E-state index < -0.39 is 0 Å². The minimum absolute atomic E-state index is 1.02. The van der Waals surface area contributed by atoms with Crippen molar-refractivity contribution in [2.24, 2.45) is 11.8 Å². The topological polar surface area (TPSA) is 41.6 Å². The molecule has 0 amide bonds. The SMILES string of the molecule is C1CC2CC2CCc2[nH]nnc21. The molecule has 3 heteroatoms. The lowest BCUT2D eigenvalue weighted by molar-refractivity contribution is 0.579. The Morgan fingerprint density at radius 1 is 1.17 bits per heavy atom. The van der Waals surface area contributed by atoms with E-state index >= 15 is 0 Å². The average molecular weight is 163 g/mol. The van der Waals surface area contributed by atoms with E-state index in [0.717, 1.165) is 18.3 Å². The molecule has 64 valence electrons. The maximum Gasteiger partial charge on any atom is 0.0856 e. The molecule has 12 heavy (non-hydrogen) atoms. The number of aromatic amines is 1. The van der Waals surface area contributed by atoms with Crippen LogP contribution in [0.25, 0.3) is 0 Å². The fourth-order valence-electron chi connectivity index (χ4n) is 2.34. The zero-order valence-corrected chi connectivity index (χ0v) is 7.08. The quantitative estimate of drug-likeness (QED) is 0.626. The molecule has 0 aromatic carbocycles. The Labute approximate surface area is 71.6 Å². The van der Waals surface area contributed by atoms with Gasteiger partial charge in [0.15, 0.2) is 0 Å². The lowest BCUT2D eigenvalue weighted by atomic mass is 10.0. The smallest absolute Gasteiger partial charge is 0.0856 e. The van der Waals surface area contributed by atoms with Gasteiger partial charge in [-0.1, -0.05) is 5.21 Å². The summed E-state index contributed by atoms with van der Waals surface area (Å²) in [5, 5.41) is 11.0. The second-order valence-electron chi connectivity index (χ2n) is 4.07. The molecule has 1 fully saturated rings. The van der Waals surface area contributed by atoms with Crippen molar-refractivity contribution < 1.29 is 0 Å². The highest BCUT2D eigenvalue weighted by Gasteiger charge is 2.37. The van der Waals surface area contributed by atoms with E-state index in [0.29, 0.717) is 0 Å². The molecule has 0 radical (unpaired) electrons. The van der Waals surface area contributed by atoms with Crippen LogP contribution in [0.2, 0.25) is 0 Å².